The Morgan fingerprint density at radius 2 is 2.08 bits per heavy atom. The summed E-state index contributed by atoms with van der Waals surface area (Å²) in [6, 6.07) is 0. The Balaban J connectivity index is 3.26. The molecule has 0 saturated carbocycles. The number of rotatable bonds is 4. The highest BCUT2D eigenvalue weighted by Crippen LogP contribution is 1.89. The third-order valence-electron chi connectivity index (χ3n) is 0.608. The van der Waals surface area contributed by atoms with Crippen molar-refractivity contribution in [3.63, 3.8) is 0 Å². The third-order valence-corrected chi connectivity index (χ3v) is 0.608. The Hall–Kier alpha value is -1.34. The number of hydrogen-bond acceptors (Lipinski definition) is 6. The van der Waals surface area contributed by atoms with Crippen LogP contribution in [0.4, 0.5) is 9.59 Å². The van der Waals surface area contributed by atoms with Crippen molar-refractivity contribution in [2.24, 2.45) is 0 Å². The average Bonchev–Trinajstić information content (AvgIpc) is 1.97. The molecule has 0 aromatic carbocycles. The molecule has 0 aromatic rings. The molecule has 0 aliphatic carbocycles. The maximum atomic E-state index is 10.2. The zero-order valence-corrected chi connectivity index (χ0v) is 6.31. The van der Waals surface area contributed by atoms with E-state index in [1.54, 1.807) is 6.92 Å². The van der Waals surface area contributed by atoms with E-state index in [-0.39, 0.29) is 6.61 Å². The normalized spacial score (nSPS) is 9.08. The van der Waals surface area contributed by atoms with Crippen molar-refractivity contribution in [1.82, 2.24) is 0 Å². The monoisotopic (exact) mass is 180 g/mol. The minimum atomic E-state index is -1.78. The van der Waals surface area contributed by atoms with Crippen molar-refractivity contribution in [2.75, 3.05) is 6.61 Å². The summed E-state index contributed by atoms with van der Waals surface area (Å²) in [5, 5.41) is 11.7. The van der Waals surface area contributed by atoms with Gasteiger partial charge in [-0.15, -0.1) is 0 Å². The fourth-order valence-electron chi connectivity index (χ4n) is 0.257. The molecule has 0 heterocycles. The summed E-state index contributed by atoms with van der Waals surface area (Å²) in [5.74, 6) is 0. The van der Waals surface area contributed by atoms with Gasteiger partial charge in [0.05, 0.1) is 6.61 Å². The molecular formula is C5H8O7. The summed E-state index contributed by atoms with van der Waals surface area (Å²) in [4.78, 5) is 27.8. The predicted octanol–water partition coefficient (Wildman–Crippen LogP) is 1.09. The highest BCUT2D eigenvalue weighted by molar-refractivity contribution is 5.75. The summed E-state index contributed by atoms with van der Waals surface area (Å²) in [7, 11) is 0. The van der Waals surface area contributed by atoms with Crippen LogP contribution in [0.3, 0.4) is 0 Å². The Morgan fingerprint density at radius 1 is 1.42 bits per heavy atom. The van der Waals surface area contributed by atoms with E-state index >= 15 is 0 Å². The molecule has 0 saturated heterocycles. The van der Waals surface area contributed by atoms with Gasteiger partial charge in [-0.05, 0) is 11.5 Å². The van der Waals surface area contributed by atoms with Crippen molar-refractivity contribution in [2.45, 2.75) is 13.3 Å². The molecule has 0 atom stereocenters. The molecule has 0 bridgehead atoms. The van der Waals surface area contributed by atoms with Gasteiger partial charge in [-0.25, -0.2) is 9.68 Å². The summed E-state index contributed by atoms with van der Waals surface area (Å²) in [6.45, 7) is 2.03. The Bertz CT molecular complexity index is 154. The van der Waals surface area contributed by atoms with Crippen molar-refractivity contribution in [3.8, 4) is 0 Å². The molecule has 0 unspecified atom stereocenters. The molecule has 0 fully saturated rings. The molecule has 7 nitrogen and oxygen atoms in total. The van der Waals surface area contributed by atoms with Crippen LogP contribution in [0.25, 0.3) is 0 Å². The lowest BCUT2D eigenvalue weighted by Gasteiger charge is -1.98. The molecule has 12 heavy (non-hydrogen) atoms. The molecule has 1 N–H and O–H groups in total. The molecule has 0 spiro atoms. The van der Waals surface area contributed by atoms with Crippen LogP contribution in [0.1, 0.15) is 13.3 Å². The molecular weight excluding hydrogens is 172 g/mol. The standard InChI is InChI=1S/C5H8O7/c1-2-3-9-12-11-5(8)10-4(6)7/h2-3H2,1H3,(H,6,7). The quantitative estimate of drug-likeness (QED) is 0.227. The molecule has 0 rings (SSSR count). The van der Waals surface area contributed by atoms with E-state index in [2.05, 4.69) is 19.6 Å². The van der Waals surface area contributed by atoms with E-state index in [1.165, 1.54) is 0 Å². The number of carboxylic acid groups (broad SMARTS) is 1. The minimum absolute atomic E-state index is 0.223. The van der Waals surface area contributed by atoms with Crippen LogP contribution >= 0.6 is 0 Å². The van der Waals surface area contributed by atoms with E-state index in [9.17, 15) is 9.59 Å². The first-order valence-corrected chi connectivity index (χ1v) is 3.07. The van der Waals surface area contributed by atoms with Gasteiger partial charge in [-0.3, -0.25) is 0 Å². The fourth-order valence-corrected chi connectivity index (χ4v) is 0.257. The van der Waals surface area contributed by atoms with Crippen LogP contribution < -0.4 is 0 Å². The van der Waals surface area contributed by atoms with Crippen LogP contribution in [-0.2, 0) is 19.6 Å². The van der Waals surface area contributed by atoms with E-state index < -0.39 is 12.3 Å². The zero-order valence-electron chi connectivity index (χ0n) is 6.31. The Labute approximate surface area is 67.6 Å². The van der Waals surface area contributed by atoms with Crippen LogP contribution in [-0.4, -0.2) is 24.0 Å². The Kier molecular flexibility index (Phi) is 5.66. The van der Waals surface area contributed by atoms with Crippen molar-refractivity contribution < 1.29 is 34.2 Å². The maximum Gasteiger partial charge on any atom is 0.553 e. The summed E-state index contributed by atoms with van der Waals surface area (Å²) < 4.78 is 3.48. The molecule has 0 radical (unpaired) electrons. The largest absolute Gasteiger partial charge is 0.553 e. The second-order valence-corrected chi connectivity index (χ2v) is 1.59. The van der Waals surface area contributed by atoms with Gasteiger partial charge >= 0.3 is 12.3 Å². The van der Waals surface area contributed by atoms with Gasteiger partial charge in [0.15, 0.2) is 0 Å². The number of carbonyl (C=O) groups excluding carboxylic acids is 1. The lowest BCUT2D eigenvalue weighted by molar-refractivity contribution is -0.485. The van der Waals surface area contributed by atoms with E-state index in [1.807, 2.05) is 0 Å². The van der Waals surface area contributed by atoms with E-state index in [4.69, 9.17) is 5.11 Å². The SMILES string of the molecule is CCCOOOC(=O)OC(=O)O. The van der Waals surface area contributed by atoms with Gasteiger partial charge in [0.2, 0.25) is 0 Å². The second-order valence-electron chi connectivity index (χ2n) is 1.59. The maximum absolute atomic E-state index is 10.2. The summed E-state index contributed by atoms with van der Waals surface area (Å²) in [5.41, 5.74) is 0. The smallest absolute Gasteiger partial charge is 0.449 e. The van der Waals surface area contributed by atoms with Gasteiger partial charge in [-0.2, -0.15) is 9.68 Å². The highest BCUT2D eigenvalue weighted by Gasteiger charge is 2.10. The van der Waals surface area contributed by atoms with E-state index in [0.717, 1.165) is 0 Å². The van der Waals surface area contributed by atoms with Gasteiger partial charge < -0.3 is 9.84 Å². The van der Waals surface area contributed by atoms with Crippen LogP contribution in [0, 0.1) is 0 Å². The molecule has 7 heteroatoms. The Morgan fingerprint density at radius 3 is 2.58 bits per heavy atom. The van der Waals surface area contributed by atoms with Crippen molar-refractivity contribution in [1.29, 1.82) is 0 Å². The molecule has 0 aliphatic rings. The van der Waals surface area contributed by atoms with Gasteiger partial charge in [0.25, 0.3) is 0 Å². The topological polar surface area (TPSA) is 91.3 Å². The first-order chi connectivity index (χ1) is 5.66. The van der Waals surface area contributed by atoms with Crippen LogP contribution in [0.5, 0.6) is 0 Å². The minimum Gasteiger partial charge on any atom is -0.449 e. The van der Waals surface area contributed by atoms with Crippen LogP contribution in [0.15, 0.2) is 0 Å². The first kappa shape index (κ1) is 10.7. The van der Waals surface area contributed by atoms with Gasteiger partial charge in [-0.1, -0.05) is 6.92 Å². The first-order valence-electron chi connectivity index (χ1n) is 3.07. The van der Waals surface area contributed by atoms with Crippen molar-refractivity contribution in [3.05, 3.63) is 0 Å². The number of ether oxygens (including phenoxy) is 1. The zero-order chi connectivity index (χ0) is 9.40. The number of carbonyl (C=O) groups is 2. The summed E-state index contributed by atoms with van der Waals surface area (Å²) >= 11 is 0. The third kappa shape index (κ3) is 6.78. The van der Waals surface area contributed by atoms with E-state index in [0.29, 0.717) is 6.42 Å². The molecule has 70 valence electrons. The second kappa shape index (κ2) is 6.38. The molecule has 0 aliphatic heterocycles. The molecule has 0 amide bonds. The summed E-state index contributed by atoms with van der Waals surface area (Å²) in [6.07, 6.45) is -2.62. The average molecular weight is 180 g/mol. The fraction of sp³-hybridized carbons (Fsp3) is 0.600. The van der Waals surface area contributed by atoms with Gasteiger partial charge in [0, 0.05) is 0 Å². The number of hydrogen-bond donors (Lipinski definition) is 1. The highest BCUT2D eigenvalue weighted by atomic mass is 17.5. The predicted molar refractivity (Wildman–Crippen MR) is 32.9 cm³/mol. The van der Waals surface area contributed by atoms with Crippen LogP contribution in [0.2, 0.25) is 0 Å². The lowest BCUT2D eigenvalue weighted by atomic mass is 10.5. The van der Waals surface area contributed by atoms with Crippen molar-refractivity contribution >= 4 is 12.3 Å². The van der Waals surface area contributed by atoms with Gasteiger partial charge in [0.1, 0.15) is 0 Å². The molecule has 0 aromatic heterocycles. The lowest BCUT2D eigenvalue weighted by Crippen LogP contribution is -2.12.